The number of para-hydroxylation sites is 1. The van der Waals surface area contributed by atoms with E-state index in [4.69, 9.17) is 27.9 Å². The molecule has 3 rings (SSSR count). The second-order valence-electron chi connectivity index (χ2n) is 6.23. The molecule has 0 aromatic heterocycles. The Labute approximate surface area is 160 Å². The molecule has 25 heavy (non-hydrogen) atoms. The lowest BCUT2D eigenvalue weighted by molar-refractivity contribution is 0.0311. The number of hydrogen-bond donors (Lipinski definition) is 0. The maximum atomic E-state index is 6.33. The molecule has 1 heterocycles. The zero-order valence-corrected chi connectivity index (χ0v) is 16.0. The number of piperazine rings is 1. The molecule has 134 valence electrons. The van der Waals surface area contributed by atoms with E-state index in [9.17, 15) is 0 Å². The van der Waals surface area contributed by atoms with E-state index >= 15 is 0 Å². The van der Waals surface area contributed by atoms with Gasteiger partial charge in [-0.15, -0.1) is 0 Å². The first-order valence-corrected chi connectivity index (χ1v) is 9.52. The van der Waals surface area contributed by atoms with Crippen LogP contribution in [0.4, 0.5) is 5.69 Å². The van der Waals surface area contributed by atoms with Crippen molar-refractivity contribution in [2.45, 2.75) is 13.0 Å². The smallest absolute Gasteiger partial charge is 0.0951 e. The van der Waals surface area contributed by atoms with Crippen LogP contribution in [0.15, 0.2) is 48.5 Å². The molecule has 1 fully saturated rings. The quantitative estimate of drug-likeness (QED) is 0.711. The minimum Gasteiger partial charge on any atom is -0.372 e. The van der Waals surface area contributed by atoms with Crippen LogP contribution in [-0.2, 0) is 4.74 Å². The van der Waals surface area contributed by atoms with Crippen molar-refractivity contribution < 1.29 is 4.74 Å². The summed E-state index contributed by atoms with van der Waals surface area (Å²) in [5, 5.41) is 1.58. The summed E-state index contributed by atoms with van der Waals surface area (Å²) >= 11 is 12.3. The molecule has 1 atom stereocenters. The molecule has 0 saturated carbocycles. The van der Waals surface area contributed by atoms with Gasteiger partial charge in [0.25, 0.3) is 0 Å². The van der Waals surface area contributed by atoms with Gasteiger partial charge in [0.15, 0.2) is 0 Å². The average Bonchev–Trinajstić information content (AvgIpc) is 2.63. The first kappa shape index (κ1) is 18.5. The number of hydrogen-bond acceptors (Lipinski definition) is 3. The van der Waals surface area contributed by atoms with E-state index in [1.165, 1.54) is 5.56 Å². The van der Waals surface area contributed by atoms with Gasteiger partial charge in [-0.25, -0.2) is 0 Å². The van der Waals surface area contributed by atoms with Crippen LogP contribution in [0, 0.1) is 0 Å². The monoisotopic (exact) mass is 378 g/mol. The summed E-state index contributed by atoms with van der Waals surface area (Å²) in [5.41, 5.74) is 2.31. The van der Waals surface area contributed by atoms with Crippen molar-refractivity contribution in [1.82, 2.24) is 4.90 Å². The topological polar surface area (TPSA) is 15.7 Å². The van der Waals surface area contributed by atoms with Crippen molar-refractivity contribution >= 4 is 28.9 Å². The number of rotatable bonds is 6. The van der Waals surface area contributed by atoms with Gasteiger partial charge in [0.05, 0.1) is 16.8 Å². The fourth-order valence-corrected chi connectivity index (χ4v) is 3.63. The minimum absolute atomic E-state index is 0.0779. The summed E-state index contributed by atoms with van der Waals surface area (Å²) in [7, 11) is 0. The highest BCUT2D eigenvalue weighted by atomic mass is 35.5. The third-order valence-electron chi connectivity index (χ3n) is 4.60. The van der Waals surface area contributed by atoms with Crippen LogP contribution in [0.5, 0.6) is 0 Å². The van der Waals surface area contributed by atoms with Crippen molar-refractivity contribution in [2.24, 2.45) is 0 Å². The lowest BCUT2D eigenvalue weighted by Gasteiger charge is -2.38. The Kier molecular flexibility index (Phi) is 6.60. The normalized spacial score (nSPS) is 16.8. The summed E-state index contributed by atoms with van der Waals surface area (Å²) in [6, 6.07) is 16.0. The lowest BCUT2D eigenvalue weighted by atomic mass is 10.1. The van der Waals surface area contributed by atoms with E-state index in [-0.39, 0.29) is 6.10 Å². The maximum absolute atomic E-state index is 6.33. The van der Waals surface area contributed by atoms with Crippen LogP contribution in [-0.4, -0.2) is 44.2 Å². The highest BCUT2D eigenvalue weighted by Gasteiger charge is 2.22. The minimum atomic E-state index is 0.0779. The van der Waals surface area contributed by atoms with Gasteiger partial charge in [0, 0.05) is 44.4 Å². The molecule has 0 spiro atoms. The number of benzene rings is 2. The van der Waals surface area contributed by atoms with Crippen molar-refractivity contribution in [3.05, 3.63) is 64.1 Å². The van der Waals surface area contributed by atoms with E-state index in [0.29, 0.717) is 6.61 Å². The molecule has 0 radical (unpaired) electrons. The summed E-state index contributed by atoms with van der Waals surface area (Å²) in [6.07, 6.45) is 0.0779. The van der Waals surface area contributed by atoms with E-state index in [2.05, 4.69) is 28.0 Å². The third kappa shape index (κ3) is 4.89. The molecule has 0 aliphatic carbocycles. The van der Waals surface area contributed by atoms with Crippen LogP contribution in [0.1, 0.15) is 18.6 Å². The highest BCUT2D eigenvalue weighted by molar-refractivity contribution is 6.33. The molecular formula is C20H24Cl2N2O. The van der Waals surface area contributed by atoms with Crippen LogP contribution in [0.3, 0.4) is 0 Å². The van der Waals surface area contributed by atoms with Crippen LogP contribution < -0.4 is 4.90 Å². The average molecular weight is 379 g/mol. The Balaban J connectivity index is 1.60. The van der Waals surface area contributed by atoms with Gasteiger partial charge >= 0.3 is 0 Å². The molecule has 1 saturated heterocycles. The van der Waals surface area contributed by atoms with Crippen molar-refractivity contribution in [1.29, 1.82) is 0 Å². The third-order valence-corrected chi connectivity index (χ3v) is 5.17. The second kappa shape index (κ2) is 8.91. The molecule has 0 bridgehead atoms. The van der Waals surface area contributed by atoms with E-state index < -0.39 is 0 Å². The van der Waals surface area contributed by atoms with Crippen molar-refractivity contribution in [2.75, 3.05) is 44.2 Å². The van der Waals surface area contributed by atoms with E-state index in [1.54, 1.807) is 0 Å². The van der Waals surface area contributed by atoms with Gasteiger partial charge in [-0.05, 0) is 36.8 Å². The van der Waals surface area contributed by atoms with E-state index in [1.807, 2.05) is 37.3 Å². The predicted molar refractivity (Wildman–Crippen MR) is 106 cm³/mol. The van der Waals surface area contributed by atoms with Gasteiger partial charge in [-0.3, -0.25) is 4.90 Å². The molecule has 1 unspecified atom stereocenters. The summed E-state index contributed by atoms with van der Waals surface area (Å²) in [5.74, 6) is 0. The summed E-state index contributed by atoms with van der Waals surface area (Å²) < 4.78 is 5.98. The summed E-state index contributed by atoms with van der Waals surface area (Å²) in [4.78, 5) is 4.82. The van der Waals surface area contributed by atoms with Gasteiger partial charge in [-0.2, -0.15) is 0 Å². The molecule has 0 amide bonds. The SMILES string of the molecule is CCOC(CN1CCN(c2ccccc2Cl)CC1)c1ccc(Cl)cc1. The van der Waals surface area contributed by atoms with E-state index in [0.717, 1.165) is 48.5 Å². The number of nitrogens with zero attached hydrogens (tertiary/aromatic N) is 2. The zero-order chi connectivity index (χ0) is 17.6. The van der Waals surface area contributed by atoms with Gasteiger partial charge in [0.1, 0.15) is 0 Å². The Morgan fingerprint density at radius 1 is 0.960 bits per heavy atom. The first-order chi connectivity index (χ1) is 12.2. The summed E-state index contributed by atoms with van der Waals surface area (Å²) in [6.45, 7) is 7.59. The fraction of sp³-hybridized carbons (Fsp3) is 0.400. The molecular weight excluding hydrogens is 355 g/mol. The fourth-order valence-electron chi connectivity index (χ4n) is 3.25. The Bertz CT molecular complexity index is 670. The molecule has 1 aliphatic heterocycles. The second-order valence-corrected chi connectivity index (χ2v) is 7.08. The van der Waals surface area contributed by atoms with Gasteiger partial charge in [0.2, 0.25) is 0 Å². The Morgan fingerprint density at radius 3 is 2.28 bits per heavy atom. The van der Waals surface area contributed by atoms with Crippen LogP contribution in [0.25, 0.3) is 0 Å². The first-order valence-electron chi connectivity index (χ1n) is 8.76. The Hall–Kier alpha value is -1.26. The molecule has 2 aromatic carbocycles. The standard InChI is InChI=1S/C20H24Cl2N2O/c1-2-25-20(16-7-9-17(21)10-8-16)15-23-11-13-24(14-12-23)19-6-4-3-5-18(19)22/h3-10,20H,2,11-15H2,1H3. The molecule has 5 heteroatoms. The number of anilines is 1. The number of ether oxygens (including phenoxy) is 1. The lowest BCUT2D eigenvalue weighted by Crippen LogP contribution is -2.47. The Morgan fingerprint density at radius 2 is 1.64 bits per heavy atom. The molecule has 1 aliphatic rings. The molecule has 2 aromatic rings. The van der Waals surface area contributed by atoms with Crippen LogP contribution >= 0.6 is 23.2 Å². The van der Waals surface area contributed by atoms with Gasteiger partial charge in [-0.1, -0.05) is 47.5 Å². The molecule has 3 nitrogen and oxygen atoms in total. The maximum Gasteiger partial charge on any atom is 0.0951 e. The molecule has 0 N–H and O–H groups in total. The predicted octanol–water partition coefficient (Wildman–Crippen LogP) is 4.89. The van der Waals surface area contributed by atoms with Crippen molar-refractivity contribution in [3.63, 3.8) is 0 Å². The number of halogens is 2. The van der Waals surface area contributed by atoms with Crippen LogP contribution in [0.2, 0.25) is 10.0 Å². The largest absolute Gasteiger partial charge is 0.372 e. The van der Waals surface area contributed by atoms with Crippen molar-refractivity contribution in [3.8, 4) is 0 Å². The van der Waals surface area contributed by atoms with Gasteiger partial charge < -0.3 is 9.64 Å². The highest BCUT2D eigenvalue weighted by Crippen LogP contribution is 2.27. The zero-order valence-electron chi connectivity index (χ0n) is 14.5.